The molecule has 1 heterocycles. The number of phenolic OH excluding ortho intramolecular Hbond substituents is 1. The summed E-state index contributed by atoms with van der Waals surface area (Å²) in [7, 11) is 1.20. The van der Waals surface area contributed by atoms with Crippen LogP contribution in [0.5, 0.6) is 5.75 Å². The number of nitrogens with zero attached hydrogens (tertiary/aromatic N) is 1. The number of phenols is 1. The lowest BCUT2D eigenvalue weighted by Crippen LogP contribution is -2.33. The molecule has 5 rings (SSSR count). The van der Waals surface area contributed by atoms with Gasteiger partial charge < -0.3 is 20.1 Å². The van der Waals surface area contributed by atoms with E-state index in [-0.39, 0.29) is 41.3 Å². The first-order chi connectivity index (χ1) is 19.8. The molecule has 2 amide bonds. The molecule has 0 atom stereocenters. The summed E-state index contributed by atoms with van der Waals surface area (Å²) in [5.74, 6) is -1.84. The van der Waals surface area contributed by atoms with E-state index >= 15 is 0 Å². The molecule has 0 saturated heterocycles. The Morgan fingerprint density at radius 3 is 2.39 bits per heavy atom. The minimum Gasteiger partial charge on any atom is -0.508 e. The van der Waals surface area contributed by atoms with Crippen LogP contribution >= 0.6 is 11.6 Å². The number of nitrogens with one attached hydrogen (secondary N) is 1. The fraction of sp³-hybridized carbons (Fsp3) is 0.125. The standard InChI is InChI=1S/C32H25ClN2O6/c1-41-32(40)26-17-21(34-30(38)23-13-11-22(36)18-25(23)19-6-3-2-4-7-19)10-12-24(26)31(39)35-15-5-8-29(37)27-16-20(33)9-14-28(27)35/h2-4,6-7,9-14,16-18,36H,5,8,15H2,1H3,(H,34,38). The average molecular weight is 569 g/mol. The average Bonchev–Trinajstić information content (AvgIpc) is 3.14. The van der Waals surface area contributed by atoms with Gasteiger partial charge in [0.25, 0.3) is 11.8 Å². The Balaban J connectivity index is 1.49. The Bertz CT molecular complexity index is 1690. The van der Waals surface area contributed by atoms with Crippen LogP contribution in [-0.4, -0.2) is 42.3 Å². The fourth-order valence-electron chi connectivity index (χ4n) is 4.85. The highest BCUT2D eigenvalue weighted by Gasteiger charge is 2.29. The second-order valence-corrected chi connectivity index (χ2v) is 9.88. The second kappa shape index (κ2) is 11.7. The summed E-state index contributed by atoms with van der Waals surface area (Å²) < 4.78 is 4.95. The Kier molecular flexibility index (Phi) is 7.85. The Hall–Kier alpha value is -4.95. The lowest BCUT2D eigenvalue weighted by Gasteiger charge is -2.24. The molecular formula is C32H25ClN2O6. The Morgan fingerprint density at radius 1 is 0.878 bits per heavy atom. The van der Waals surface area contributed by atoms with Crippen LogP contribution < -0.4 is 10.2 Å². The fourth-order valence-corrected chi connectivity index (χ4v) is 5.02. The number of carbonyl (C=O) groups excluding carboxylic acids is 4. The molecule has 2 N–H and O–H groups in total. The number of fused-ring (bicyclic) bond motifs is 1. The van der Waals surface area contributed by atoms with E-state index in [4.69, 9.17) is 16.3 Å². The second-order valence-electron chi connectivity index (χ2n) is 9.45. The maximum absolute atomic E-state index is 13.8. The normalized spacial score (nSPS) is 12.7. The number of anilines is 2. The van der Waals surface area contributed by atoms with Gasteiger partial charge in [-0.05, 0) is 72.1 Å². The van der Waals surface area contributed by atoms with Crippen LogP contribution in [0.3, 0.4) is 0 Å². The smallest absolute Gasteiger partial charge is 0.338 e. The third-order valence-corrected chi connectivity index (χ3v) is 7.06. The molecule has 0 aliphatic carbocycles. The summed E-state index contributed by atoms with van der Waals surface area (Å²) in [6.07, 6.45) is 0.698. The summed E-state index contributed by atoms with van der Waals surface area (Å²) >= 11 is 6.12. The molecule has 4 aromatic carbocycles. The molecule has 0 spiro atoms. The number of benzene rings is 4. The van der Waals surface area contributed by atoms with Gasteiger partial charge in [0.1, 0.15) is 5.75 Å². The highest BCUT2D eigenvalue weighted by atomic mass is 35.5. The van der Waals surface area contributed by atoms with Crippen molar-refractivity contribution in [2.24, 2.45) is 0 Å². The molecule has 1 aliphatic rings. The number of aromatic hydroxyl groups is 1. The number of rotatable bonds is 5. The number of methoxy groups -OCH3 is 1. The quantitative estimate of drug-likeness (QED) is 0.270. The van der Waals surface area contributed by atoms with E-state index in [1.165, 1.54) is 54.5 Å². The molecule has 1 aliphatic heterocycles. The van der Waals surface area contributed by atoms with Gasteiger partial charge in [0, 0.05) is 34.8 Å². The van der Waals surface area contributed by atoms with Crippen molar-refractivity contribution in [2.75, 3.05) is 23.9 Å². The third kappa shape index (κ3) is 5.69. The third-order valence-electron chi connectivity index (χ3n) is 6.83. The van der Waals surface area contributed by atoms with E-state index in [9.17, 15) is 24.3 Å². The van der Waals surface area contributed by atoms with Crippen LogP contribution in [-0.2, 0) is 4.74 Å². The zero-order valence-corrected chi connectivity index (χ0v) is 22.8. The zero-order valence-electron chi connectivity index (χ0n) is 22.0. The number of ketones is 1. The van der Waals surface area contributed by atoms with E-state index < -0.39 is 17.8 Å². The molecular weight excluding hydrogens is 544 g/mol. The predicted octanol–water partition coefficient (Wildman–Crippen LogP) is 6.37. The Morgan fingerprint density at radius 2 is 1.63 bits per heavy atom. The van der Waals surface area contributed by atoms with Crippen LogP contribution in [0.4, 0.5) is 11.4 Å². The van der Waals surface area contributed by atoms with Gasteiger partial charge in [-0.25, -0.2) is 4.79 Å². The largest absolute Gasteiger partial charge is 0.508 e. The number of Topliss-reactive ketones (excluding diaryl/α,β-unsaturated/α-hetero) is 1. The van der Waals surface area contributed by atoms with Crippen molar-refractivity contribution in [1.29, 1.82) is 0 Å². The summed E-state index contributed by atoms with van der Waals surface area (Å²) in [5, 5.41) is 13.2. The van der Waals surface area contributed by atoms with E-state index in [0.29, 0.717) is 33.8 Å². The highest BCUT2D eigenvalue weighted by Crippen LogP contribution is 2.32. The Labute approximate surface area is 241 Å². The van der Waals surface area contributed by atoms with Crippen molar-refractivity contribution in [3.05, 3.63) is 112 Å². The molecule has 9 heteroatoms. The van der Waals surface area contributed by atoms with Gasteiger partial charge in [-0.3, -0.25) is 14.4 Å². The molecule has 0 radical (unpaired) electrons. The lowest BCUT2D eigenvalue weighted by molar-refractivity contribution is 0.0596. The number of amides is 2. The maximum atomic E-state index is 13.8. The molecule has 0 bridgehead atoms. The van der Waals surface area contributed by atoms with Gasteiger partial charge in [-0.15, -0.1) is 0 Å². The molecule has 0 saturated carbocycles. The highest BCUT2D eigenvalue weighted by molar-refractivity contribution is 6.31. The predicted molar refractivity (Wildman–Crippen MR) is 156 cm³/mol. The summed E-state index contributed by atoms with van der Waals surface area (Å²) in [6.45, 7) is 0.265. The van der Waals surface area contributed by atoms with Gasteiger partial charge in [0.2, 0.25) is 0 Å². The van der Waals surface area contributed by atoms with Crippen molar-refractivity contribution in [3.63, 3.8) is 0 Å². The van der Waals surface area contributed by atoms with E-state index in [1.807, 2.05) is 30.3 Å². The molecule has 0 aromatic heterocycles. The van der Waals surface area contributed by atoms with Gasteiger partial charge >= 0.3 is 5.97 Å². The van der Waals surface area contributed by atoms with Crippen molar-refractivity contribution >= 4 is 46.5 Å². The number of hydrogen-bond donors (Lipinski definition) is 2. The molecule has 4 aromatic rings. The molecule has 0 fully saturated rings. The lowest BCUT2D eigenvalue weighted by atomic mass is 9.98. The molecule has 0 unspecified atom stereocenters. The van der Waals surface area contributed by atoms with Gasteiger partial charge in [-0.2, -0.15) is 0 Å². The van der Waals surface area contributed by atoms with Crippen LogP contribution in [0.1, 0.15) is 54.3 Å². The first-order valence-electron chi connectivity index (χ1n) is 12.8. The number of halogens is 1. The van der Waals surface area contributed by atoms with Crippen molar-refractivity contribution in [1.82, 2.24) is 0 Å². The first-order valence-corrected chi connectivity index (χ1v) is 13.2. The zero-order chi connectivity index (χ0) is 29.1. The van der Waals surface area contributed by atoms with Gasteiger partial charge in [0.05, 0.1) is 23.9 Å². The van der Waals surface area contributed by atoms with E-state index in [0.717, 1.165) is 5.56 Å². The monoisotopic (exact) mass is 568 g/mol. The molecule has 8 nitrogen and oxygen atoms in total. The van der Waals surface area contributed by atoms with Crippen LogP contribution in [0.2, 0.25) is 5.02 Å². The number of esters is 1. The topological polar surface area (TPSA) is 113 Å². The number of carbonyl (C=O) groups is 4. The van der Waals surface area contributed by atoms with Crippen molar-refractivity contribution in [2.45, 2.75) is 12.8 Å². The number of ether oxygens (including phenoxy) is 1. The van der Waals surface area contributed by atoms with Crippen LogP contribution in [0.15, 0.2) is 84.9 Å². The van der Waals surface area contributed by atoms with Gasteiger partial charge in [0.15, 0.2) is 5.78 Å². The van der Waals surface area contributed by atoms with Crippen molar-refractivity contribution < 1.29 is 29.0 Å². The van der Waals surface area contributed by atoms with Crippen molar-refractivity contribution in [3.8, 4) is 16.9 Å². The minimum absolute atomic E-state index is 0.00954. The molecule has 206 valence electrons. The minimum atomic E-state index is -0.763. The van der Waals surface area contributed by atoms with E-state index in [1.54, 1.807) is 12.1 Å². The van der Waals surface area contributed by atoms with E-state index in [2.05, 4.69) is 5.32 Å². The summed E-state index contributed by atoms with van der Waals surface area (Å²) in [6, 6.07) is 22.7. The summed E-state index contributed by atoms with van der Waals surface area (Å²) in [5.41, 5.74) is 2.59. The van der Waals surface area contributed by atoms with Crippen LogP contribution in [0, 0.1) is 0 Å². The SMILES string of the molecule is COC(=O)c1cc(NC(=O)c2ccc(O)cc2-c2ccccc2)ccc1C(=O)N1CCCC(=O)c2cc(Cl)ccc21. The summed E-state index contributed by atoms with van der Waals surface area (Å²) in [4.78, 5) is 54.1. The molecule has 41 heavy (non-hydrogen) atoms. The number of hydrogen-bond acceptors (Lipinski definition) is 6. The van der Waals surface area contributed by atoms with Crippen LogP contribution in [0.25, 0.3) is 11.1 Å². The first kappa shape index (κ1) is 27.6. The maximum Gasteiger partial charge on any atom is 0.338 e. The van der Waals surface area contributed by atoms with Gasteiger partial charge in [-0.1, -0.05) is 41.9 Å².